The van der Waals surface area contributed by atoms with Crippen LogP contribution in [-0.4, -0.2) is 63.3 Å². The molecule has 0 aromatic heterocycles. The summed E-state index contributed by atoms with van der Waals surface area (Å²) in [5, 5.41) is 6.79. The van der Waals surface area contributed by atoms with Crippen LogP contribution in [0.1, 0.15) is 30.0 Å². The molecule has 1 fully saturated rings. The third-order valence-electron chi connectivity index (χ3n) is 4.54. The molecule has 0 atom stereocenters. The highest BCUT2D eigenvalue weighted by atomic mass is 16.5. The predicted octanol–water partition coefficient (Wildman–Crippen LogP) is 2.12. The zero-order chi connectivity index (χ0) is 17.9. The van der Waals surface area contributed by atoms with Crippen LogP contribution < -0.4 is 10.6 Å². The van der Waals surface area contributed by atoms with Crippen LogP contribution in [0.15, 0.2) is 23.2 Å². The van der Waals surface area contributed by atoms with Crippen LogP contribution in [0.4, 0.5) is 0 Å². The van der Waals surface area contributed by atoms with Crippen molar-refractivity contribution in [1.82, 2.24) is 15.5 Å². The van der Waals surface area contributed by atoms with Gasteiger partial charge in [0.15, 0.2) is 5.96 Å². The lowest BCUT2D eigenvalue weighted by Gasteiger charge is -2.26. The molecule has 0 spiro atoms. The Hall–Kier alpha value is -1.59. The number of hydrogen-bond donors (Lipinski definition) is 2. The molecule has 1 saturated heterocycles. The molecule has 0 saturated carbocycles. The molecule has 1 aromatic rings. The van der Waals surface area contributed by atoms with E-state index < -0.39 is 0 Å². The van der Waals surface area contributed by atoms with Crippen molar-refractivity contribution in [3.63, 3.8) is 0 Å². The van der Waals surface area contributed by atoms with Gasteiger partial charge in [0.2, 0.25) is 0 Å². The number of benzene rings is 1. The molecule has 2 rings (SSSR count). The van der Waals surface area contributed by atoms with E-state index in [1.54, 1.807) is 0 Å². The van der Waals surface area contributed by atoms with Crippen molar-refractivity contribution in [3.05, 3.63) is 34.9 Å². The first-order chi connectivity index (χ1) is 12.2. The topological polar surface area (TPSA) is 48.9 Å². The highest BCUT2D eigenvalue weighted by Crippen LogP contribution is 2.10. The maximum absolute atomic E-state index is 5.38. The first kappa shape index (κ1) is 19.7. The van der Waals surface area contributed by atoms with Crippen molar-refractivity contribution in [2.45, 2.75) is 33.6 Å². The fourth-order valence-corrected chi connectivity index (χ4v) is 3.09. The van der Waals surface area contributed by atoms with Gasteiger partial charge >= 0.3 is 0 Å². The molecule has 5 heteroatoms. The third kappa shape index (κ3) is 7.45. The van der Waals surface area contributed by atoms with Gasteiger partial charge in [-0.2, -0.15) is 0 Å². The number of guanidine groups is 1. The standard InChI is InChI=1S/C20H34N4O/c1-4-21-20(22-9-5-11-24-12-14-25-15-13-24)23-10-8-19-7-6-17(2)16-18(19)3/h6-7,16H,4-5,8-15H2,1-3H3,(H2,21,22,23). The zero-order valence-corrected chi connectivity index (χ0v) is 16.1. The lowest BCUT2D eigenvalue weighted by Crippen LogP contribution is -2.39. The van der Waals surface area contributed by atoms with Crippen molar-refractivity contribution in [1.29, 1.82) is 0 Å². The van der Waals surface area contributed by atoms with Gasteiger partial charge in [-0.05, 0) is 44.7 Å². The Morgan fingerprint density at radius 3 is 2.72 bits per heavy atom. The molecular formula is C20H34N4O. The van der Waals surface area contributed by atoms with Crippen molar-refractivity contribution < 1.29 is 4.74 Å². The summed E-state index contributed by atoms with van der Waals surface area (Å²) in [6, 6.07) is 6.67. The molecule has 1 aromatic carbocycles. The summed E-state index contributed by atoms with van der Waals surface area (Å²) in [5.41, 5.74) is 4.10. The molecule has 140 valence electrons. The van der Waals surface area contributed by atoms with Crippen LogP contribution in [0, 0.1) is 13.8 Å². The lowest BCUT2D eigenvalue weighted by molar-refractivity contribution is 0.0377. The molecule has 0 bridgehead atoms. The van der Waals surface area contributed by atoms with E-state index in [9.17, 15) is 0 Å². The van der Waals surface area contributed by atoms with Crippen LogP contribution in [0.25, 0.3) is 0 Å². The minimum Gasteiger partial charge on any atom is -0.379 e. The van der Waals surface area contributed by atoms with E-state index in [0.29, 0.717) is 0 Å². The Balaban J connectivity index is 1.71. The van der Waals surface area contributed by atoms with Crippen LogP contribution in [-0.2, 0) is 11.2 Å². The van der Waals surface area contributed by atoms with Gasteiger partial charge in [0.05, 0.1) is 13.2 Å². The number of aryl methyl sites for hydroxylation is 2. The van der Waals surface area contributed by atoms with Crippen LogP contribution in [0.2, 0.25) is 0 Å². The number of hydrogen-bond acceptors (Lipinski definition) is 3. The summed E-state index contributed by atoms with van der Waals surface area (Å²) in [7, 11) is 0. The average Bonchev–Trinajstić information content (AvgIpc) is 2.61. The molecule has 5 nitrogen and oxygen atoms in total. The minimum atomic E-state index is 0.857. The number of nitrogens with zero attached hydrogens (tertiary/aromatic N) is 2. The summed E-state index contributed by atoms with van der Waals surface area (Å²) >= 11 is 0. The summed E-state index contributed by atoms with van der Waals surface area (Å²) < 4.78 is 5.38. The Labute approximate surface area is 152 Å². The monoisotopic (exact) mass is 346 g/mol. The zero-order valence-electron chi connectivity index (χ0n) is 16.1. The van der Waals surface area contributed by atoms with Crippen LogP contribution in [0.3, 0.4) is 0 Å². The number of rotatable bonds is 8. The van der Waals surface area contributed by atoms with Gasteiger partial charge in [-0.15, -0.1) is 0 Å². The molecule has 1 aliphatic rings. The summed E-state index contributed by atoms with van der Waals surface area (Å²) in [5.74, 6) is 0.925. The number of nitrogens with one attached hydrogen (secondary N) is 2. The van der Waals surface area contributed by atoms with Crippen molar-refractivity contribution in [3.8, 4) is 0 Å². The first-order valence-electron chi connectivity index (χ1n) is 9.57. The number of aliphatic imine (C=N–C) groups is 1. The Kier molecular flexibility index (Phi) is 8.77. The molecule has 1 aliphatic heterocycles. The van der Waals surface area contributed by atoms with Crippen molar-refractivity contribution in [2.75, 3.05) is 52.5 Å². The molecule has 0 aliphatic carbocycles. The predicted molar refractivity (Wildman–Crippen MR) is 105 cm³/mol. The SMILES string of the molecule is CCNC(=NCCCN1CCOCC1)NCCc1ccc(C)cc1C. The second kappa shape index (κ2) is 11.1. The van der Waals surface area contributed by atoms with Gasteiger partial charge in [0.25, 0.3) is 0 Å². The van der Waals surface area contributed by atoms with Gasteiger partial charge in [-0.3, -0.25) is 9.89 Å². The van der Waals surface area contributed by atoms with Crippen LogP contribution >= 0.6 is 0 Å². The van der Waals surface area contributed by atoms with E-state index in [0.717, 1.165) is 71.3 Å². The van der Waals surface area contributed by atoms with E-state index in [1.807, 2.05) is 0 Å². The number of morpholine rings is 1. The molecule has 0 unspecified atom stereocenters. The van der Waals surface area contributed by atoms with Gasteiger partial charge in [0, 0.05) is 39.3 Å². The van der Waals surface area contributed by atoms with E-state index in [2.05, 4.69) is 54.5 Å². The molecular weight excluding hydrogens is 312 g/mol. The Bertz CT molecular complexity index is 538. The summed E-state index contributed by atoms with van der Waals surface area (Å²) in [4.78, 5) is 7.16. The Morgan fingerprint density at radius 1 is 1.20 bits per heavy atom. The highest BCUT2D eigenvalue weighted by Gasteiger charge is 2.09. The van der Waals surface area contributed by atoms with E-state index in [4.69, 9.17) is 9.73 Å². The van der Waals surface area contributed by atoms with Gasteiger partial charge in [-0.1, -0.05) is 23.8 Å². The van der Waals surface area contributed by atoms with E-state index >= 15 is 0 Å². The Morgan fingerprint density at radius 2 is 2.00 bits per heavy atom. The highest BCUT2D eigenvalue weighted by molar-refractivity contribution is 5.79. The molecule has 25 heavy (non-hydrogen) atoms. The first-order valence-corrected chi connectivity index (χ1v) is 9.57. The molecule has 1 heterocycles. The van der Waals surface area contributed by atoms with E-state index in [-0.39, 0.29) is 0 Å². The van der Waals surface area contributed by atoms with Gasteiger partial charge in [0.1, 0.15) is 0 Å². The summed E-state index contributed by atoms with van der Waals surface area (Å²) in [6.45, 7) is 14.0. The van der Waals surface area contributed by atoms with Crippen molar-refractivity contribution in [2.24, 2.45) is 4.99 Å². The maximum atomic E-state index is 5.38. The fourth-order valence-electron chi connectivity index (χ4n) is 3.09. The maximum Gasteiger partial charge on any atom is 0.191 e. The second-order valence-electron chi connectivity index (χ2n) is 6.67. The normalized spacial score (nSPS) is 16.0. The van der Waals surface area contributed by atoms with Crippen LogP contribution in [0.5, 0.6) is 0 Å². The van der Waals surface area contributed by atoms with Crippen molar-refractivity contribution >= 4 is 5.96 Å². The fraction of sp³-hybridized carbons (Fsp3) is 0.650. The quantitative estimate of drug-likeness (QED) is 0.430. The van der Waals surface area contributed by atoms with E-state index in [1.165, 1.54) is 16.7 Å². The lowest BCUT2D eigenvalue weighted by atomic mass is 10.0. The average molecular weight is 347 g/mol. The number of ether oxygens (including phenoxy) is 1. The second-order valence-corrected chi connectivity index (χ2v) is 6.67. The molecule has 0 radical (unpaired) electrons. The molecule has 2 N–H and O–H groups in total. The van der Waals surface area contributed by atoms with Gasteiger partial charge in [-0.25, -0.2) is 0 Å². The molecule has 0 amide bonds. The van der Waals surface area contributed by atoms with Gasteiger partial charge < -0.3 is 15.4 Å². The minimum absolute atomic E-state index is 0.857. The smallest absolute Gasteiger partial charge is 0.191 e. The largest absolute Gasteiger partial charge is 0.379 e. The summed E-state index contributed by atoms with van der Waals surface area (Å²) in [6.07, 6.45) is 2.11. The third-order valence-corrected chi connectivity index (χ3v) is 4.54.